The Kier molecular flexibility index (Phi) is 6.27. The first-order chi connectivity index (χ1) is 8.15. The summed E-state index contributed by atoms with van der Waals surface area (Å²) < 4.78 is 0. The van der Waals surface area contributed by atoms with Gasteiger partial charge in [0.05, 0.1) is 5.92 Å². The molecule has 2 unspecified atom stereocenters. The number of nitrogens with one attached hydrogen (secondary N) is 1. The highest BCUT2D eigenvalue weighted by Gasteiger charge is 2.17. The molecule has 1 amide bonds. The van der Waals surface area contributed by atoms with E-state index >= 15 is 0 Å². The van der Waals surface area contributed by atoms with E-state index in [1.165, 1.54) is 0 Å². The highest BCUT2D eigenvalue weighted by atomic mass is 79.9. The van der Waals surface area contributed by atoms with Crippen molar-refractivity contribution in [1.29, 1.82) is 0 Å². The minimum atomic E-state index is -0.0261. The Labute approximate surface area is 112 Å². The van der Waals surface area contributed by atoms with Gasteiger partial charge in [-0.3, -0.25) is 4.79 Å². The van der Waals surface area contributed by atoms with Crippen molar-refractivity contribution in [3.8, 4) is 0 Å². The zero-order valence-electron chi connectivity index (χ0n) is 10.4. The number of benzene rings is 1. The molecule has 0 heterocycles. The fourth-order valence-corrected chi connectivity index (χ4v) is 2.00. The molecule has 0 saturated heterocycles. The van der Waals surface area contributed by atoms with Gasteiger partial charge in [0, 0.05) is 11.4 Å². The Balaban J connectivity index is 2.53. The molecule has 17 heavy (non-hydrogen) atoms. The third-order valence-corrected chi connectivity index (χ3v) is 3.23. The van der Waals surface area contributed by atoms with Crippen LogP contribution >= 0.6 is 15.9 Å². The van der Waals surface area contributed by atoms with Gasteiger partial charge in [-0.15, -0.1) is 0 Å². The highest BCUT2D eigenvalue weighted by molar-refractivity contribution is 9.09. The van der Waals surface area contributed by atoms with E-state index in [1.807, 2.05) is 37.3 Å². The number of hydrogen-bond acceptors (Lipinski definition) is 1. The van der Waals surface area contributed by atoms with Crippen LogP contribution in [0.15, 0.2) is 30.3 Å². The highest BCUT2D eigenvalue weighted by Crippen LogP contribution is 2.19. The lowest BCUT2D eigenvalue weighted by Crippen LogP contribution is -2.30. The van der Waals surface area contributed by atoms with Crippen molar-refractivity contribution in [2.45, 2.75) is 37.4 Å². The SMILES string of the molecule is CCC(C(=O)NCCC(C)Br)c1ccccc1. The van der Waals surface area contributed by atoms with E-state index in [0.29, 0.717) is 4.83 Å². The second-order valence-electron chi connectivity index (χ2n) is 4.23. The predicted octanol–water partition coefficient (Wildman–Crippen LogP) is 3.47. The molecular formula is C14H20BrNO. The van der Waals surface area contributed by atoms with E-state index in [0.717, 1.165) is 24.9 Å². The predicted molar refractivity (Wildman–Crippen MR) is 75.5 cm³/mol. The van der Waals surface area contributed by atoms with Crippen LogP contribution in [-0.2, 0) is 4.79 Å². The number of rotatable bonds is 6. The number of halogens is 1. The summed E-state index contributed by atoms with van der Waals surface area (Å²) in [6, 6.07) is 9.96. The van der Waals surface area contributed by atoms with E-state index in [-0.39, 0.29) is 11.8 Å². The van der Waals surface area contributed by atoms with E-state index in [9.17, 15) is 4.79 Å². The van der Waals surface area contributed by atoms with Gasteiger partial charge in [0.15, 0.2) is 0 Å². The maximum atomic E-state index is 12.0. The molecule has 1 aromatic carbocycles. The first-order valence-corrected chi connectivity index (χ1v) is 7.03. The summed E-state index contributed by atoms with van der Waals surface area (Å²) in [7, 11) is 0. The van der Waals surface area contributed by atoms with Crippen LogP contribution < -0.4 is 5.32 Å². The monoisotopic (exact) mass is 297 g/mol. The summed E-state index contributed by atoms with van der Waals surface area (Å²) in [5.41, 5.74) is 1.10. The van der Waals surface area contributed by atoms with Crippen molar-refractivity contribution in [1.82, 2.24) is 5.32 Å². The summed E-state index contributed by atoms with van der Waals surface area (Å²) >= 11 is 3.47. The Hall–Kier alpha value is -0.830. The third-order valence-electron chi connectivity index (χ3n) is 2.77. The quantitative estimate of drug-likeness (QED) is 0.801. The van der Waals surface area contributed by atoms with Crippen molar-refractivity contribution in [3.63, 3.8) is 0 Å². The fraction of sp³-hybridized carbons (Fsp3) is 0.500. The molecule has 94 valence electrons. The van der Waals surface area contributed by atoms with Gasteiger partial charge < -0.3 is 5.32 Å². The van der Waals surface area contributed by atoms with Crippen LogP contribution in [0, 0.1) is 0 Å². The first-order valence-electron chi connectivity index (χ1n) is 6.11. The van der Waals surface area contributed by atoms with Gasteiger partial charge in [-0.05, 0) is 18.4 Å². The number of amides is 1. The molecular weight excluding hydrogens is 278 g/mol. The van der Waals surface area contributed by atoms with Crippen LogP contribution in [0.25, 0.3) is 0 Å². The van der Waals surface area contributed by atoms with Crippen molar-refractivity contribution in [2.24, 2.45) is 0 Å². The van der Waals surface area contributed by atoms with Gasteiger partial charge in [-0.1, -0.05) is 60.1 Å². The molecule has 1 aromatic rings. The Morgan fingerprint density at radius 2 is 2.00 bits per heavy atom. The number of carbonyl (C=O) groups is 1. The second-order valence-corrected chi connectivity index (χ2v) is 5.80. The van der Waals surface area contributed by atoms with Crippen molar-refractivity contribution >= 4 is 21.8 Å². The molecule has 0 radical (unpaired) electrons. The van der Waals surface area contributed by atoms with Crippen LogP contribution in [0.2, 0.25) is 0 Å². The van der Waals surface area contributed by atoms with Crippen LogP contribution in [-0.4, -0.2) is 17.3 Å². The third kappa shape index (κ3) is 4.90. The summed E-state index contributed by atoms with van der Waals surface area (Å²) in [4.78, 5) is 12.5. The van der Waals surface area contributed by atoms with E-state index in [2.05, 4.69) is 28.2 Å². The zero-order valence-corrected chi connectivity index (χ0v) is 12.0. The lowest BCUT2D eigenvalue weighted by Gasteiger charge is -2.15. The maximum absolute atomic E-state index is 12.0. The molecule has 0 aliphatic carbocycles. The second kappa shape index (κ2) is 7.49. The van der Waals surface area contributed by atoms with E-state index < -0.39 is 0 Å². The van der Waals surface area contributed by atoms with E-state index in [4.69, 9.17) is 0 Å². The van der Waals surface area contributed by atoms with Gasteiger partial charge in [-0.25, -0.2) is 0 Å². The topological polar surface area (TPSA) is 29.1 Å². The maximum Gasteiger partial charge on any atom is 0.227 e. The Bertz CT molecular complexity index is 337. The molecule has 0 bridgehead atoms. The van der Waals surface area contributed by atoms with Crippen molar-refractivity contribution in [2.75, 3.05) is 6.54 Å². The average molecular weight is 298 g/mol. The lowest BCUT2D eigenvalue weighted by atomic mass is 9.96. The summed E-state index contributed by atoms with van der Waals surface area (Å²) in [5, 5.41) is 2.99. The molecule has 0 aliphatic heterocycles. The molecule has 0 saturated carbocycles. The van der Waals surface area contributed by atoms with Crippen molar-refractivity contribution in [3.05, 3.63) is 35.9 Å². The largest absolute Gasteiger partial charge is 0.356 e. The molecule has 2 atom stereocenters. The number of carbonyl (C=O) groups excluding carboxylic acids is 1. The van der Waals surface area contributed by atoms with Crippen LogP contribution in [0.5, 0.6) is 0 Å². The van der Waals surface area contributed by atoms with Gasteiger partial charge in [0.25, 0.3) is 0 Å². The molecule has 2 nitrogen and oxygen atoms in total. The summed E-state index contributed by atoms with van der Waals surface area (Å²) in [6.45, 7) is 4.86. The summed E-state index contributed by atoms with van der Waals surface area (Å²) in [5.74, 6) is 0.105. The first kappa shape index (κ1) is 14.2. The number of hydrogen-bond donors (Lipinski definition) is 1. The summed E-state index contributed by atoms with van der Waals surface area (Å²) in [6.07, 6.45) is 1.79. The molecule has 0 aromatic heterocycles. The lowest BCUT2D eigenvalue weighted by molar-refractivity contribution is -0.122. The van der Waals surface area contributed by atoms with Gasteiger partial charge in [0.2, 0.25) is 5.91 Å². The zero-order chi connectivity index (χ0) is 12.7. The van der Waals surface area contributed by atoms with Gasteiger partial charge in [-0.2, -0.15) is 0 Å². The normalized spacial score (nSPS) is 14.1. The van der Waals surface area contributed by atoms with Crippen LogP contribution in [0.4, 0.5) is 0 Å². The van der Waals surface area contributed by atoms with Gasteiger partial charge in [0.1, 0.15) is 0 Å². The fourth-order valence-electron chi connectivity index (χ4n) is 1.78. The smallest absolute Gasteiger partial charge is 0.227 e. The standard InChI is InChI=1S/C14H20BrNO/c1-3-13(12-7-5-4-6-8-12)14(17)16-10-9-11(2)15/h4-8,11,13H,3,9-10H2,1-2H3,(H,16,17). The molecule has 0 spiro atoms. The molecule has 1 N–H and O–H groups in total. The molecule has 0 fully saturated rings. The number of alkyl halides is 1. The van der Waals surface area contributed by atoms with Crippen molar-refractivity contribution < 1.29 is 4.79 Å². The molecule has 0 aliphatic rings. The van der Waals surface area contributed by atoms with Crippen LogP contribution in [0.1, 0.15) is 38.2 Å². The molecule has 1 rings (SSSR count). The minimum Gasteiger partial charge on any atom is -0.356 e. The Morgan fingerprint density at radius 1 is 1.35 bits per heavy atom. The Morgan fingerprint density at radius 3 is 2.53 bits per heavy atom. The average Bonchev–Trinajstić information content (AvgIpc) is 2.31. The van der Waals surface area contributed by atoms with Gasteiger partial charge >= 0.3 is 0 Å². The molecule has 3 heteroatoms. The van der Waals surface area contributed by atoms with Crippen LogP contribution in [0.3, 0.4) is 0 Å². The van der Waals surface area contributed by atoms with E-state index in [1.54, 1.807) is 0 Å². The minimum absolute atomic E-state index is 0.0261.